The summed E-state index contributed by atoms with van der Waals surface area (Å²) in [5, 5.41) is 6.78. The van der Waals surface area contributed by atoms with E-state index in [2.05, 4.69) is 71.5 Å². The van der Waals surface area contributed by atoms with Gasteiger partial charge in [-0.15, -0.1) is 24.0 Å². The first-order valence-corrected chi connectivity index (χ1v) is 10.3. The van der Waals surface area contributed by atoms with Gasteiger partial charge in [0.1, 0.15) is 0 Å². The molecule has 1 aromatic rings. The molecule has 0 amide bonds. The summed E-state index contributed by atoms with van der Waals surface area (Å²) in [6.45, 7) is 14.1. The van der Waals surface area contributed by atoms with Crippen LogP contribution in [0.15, 0.2) is 35.3 Å². The molecule has 0 bridgehead atoms. The zero-order valence-corrected chi connectivity index (χ0v) is 19.6. The highest BCUT2D eigenvalue weighted by atomic mass is 127. The van der Waals surface area contributed by atoms with Crippen LogP contribution in [0.3, 0.4) is 0 Å². The molecule has 0 saturated carbocycles. The Hall–Kier alpha value is -1.02. The van der Waals surface area contributed by atoms with Gasteiger partial charge in [0.05, 0.1) is 0 Å². The third kappa shape index (κ3) is 9.14. The predicted octanol–water partition coefficient (Wildman–Crippen LogP) is 3.56. The Labute approximate surface area is 183 Å². The summed E-state index contributed by atoms with van der Waals surface area (Å²) in [7, 11) is 0. The van der Waals surface area contributed by atoms with Crippen LogP contribution in [-0.4, -0.2) is 62.7 Å². The van der Waals surface area contributed by atoms with Crippen LogP contribution >= 0.6 is 24.0 Å². The van der Waals surface area contributed by atoms with Crippen molar-refractivity contribution in [2.75, 3.05) is 50.7 Å². The van der Waals surface area contributed by atoms with Gasteiger partial charge in [-0.1, -0.05) is 25.1 Å². The molecule has 1 atom stereocenters. The van der Waals surface area contributed by atoms with Gasteiger partial charge in [-0.2, -0.15) is 0 Å². The second-order valence-electron chi connectivity index (χ2n) is 7.09. The Morgan fingerprint density at radius 3 is 2.41 bits per heavy atom. The van der Waals surface area contributed by atoms with Gasteiger partial charge >= 0.3 is 0 Å². The summed E-state index contributed by atoms with van der Waals surface area (Å²) in [5.41, 5.74) is 1.35. The highest BCUT2D eigenvalue weighted by Gasteiger charge is 2.16. The number of piperazine rings is 1. The number of unbranched alkanes of at least 4 members (excludes halogenated alkanes) is 1. The minimum atomic E-state index is 0. The molecular formula is C21H38IN5. The normalized spacial score (nSPS) is 16.6. The van der Waals surface area contributed by atoms with E-state index in [1.54, 1.807) is 0 Å². The number of anilines is 1. The van der Waals surface area contributed by atoms with E-state index < -0.39 is 0 Å². The van der Waals surface area contributed by atoms with Crippen LogP contribution in [0.5, 0.6) is 0 Å². The van der Waals surface area contributed by atoms with Crippen LogP contribution in [0.4, 0.5) is 5.69 Å². The molecule has 1 fully saturated rings. The lowest BCUT2D eigenvalue weighted by atomic mass is 10.2. The van der Waals surface area contributed by atoms with Gasteiger partial charge in [0, 0.05) is 51.0 Å². The SMILES string of the molecule is CCNC(=NCCCCN1CCN(c2ccccc2)CC1)NC(C)CC.I. The number of nitrogens with one attached hydrogen (secondary N) is 2. The second kappa shape index (κ2) is 14.0. The minimum absolute atomic E-state index is 0. The first-order valence-electron chi connectivity index (χ1n) is 10.3. The van der Waals surface area contributed by atoms with Gasteiger partial charge in [0.25, 0.3) is 0 Å². The molecule has 154 valence electrons. The molecule has 0 aliphatic carbocycles. The summed E-state index contributed by atoms with van der Waals surface area (Å²) < 4.78 is 0. The topological polar surface area (TPSA) is 42.9 Å². The quantitative estimate of drug-likeness (QED) is 0.242. The largest absolute Gasteiger partial charge is 0.369 e. The molecule has 2 rings (SSSR count). The summed E-state index contributed by atoms with van der Waals surface area (Å²) in [6, 6.07) is 11.2. The molecule has 1 aliphatic rings. The van der Waals surface area contributed by atoms with Crippen LogP contribution in [0.2, 0.25) is 0 Å². The molecule has 0 aromatic heterocycles. The van der Waals surface area contributed by atoms with Crippen molar-refractivity contribution in [1.82, 2.24) is 15.5 Å². The van der Waals surface area contributed by atoms with E-state index in [-0.39, 0.29) is 24.0 Å². The number of hydrogen-bond donors (Lipinski definition) is 2. The standard InChI is InChI=1S/C21H37N5.HI/c1-4-19(3)24-21(22-5-2)23-13-9-10-14-25-15-17-26(18-16-25)20-11-7-6-8-12-20;/h6-8,11-12,19H,4-5,9-10,13-18H2,1-3H3,(H2,22,23,24);1H. The summed E-state index contributed by atoms with van der Waals surface area (Å²) in [5.74, 6) is 0.957. The van der Waals surface area contributed by atoms with Gasteiger partial charge in [-0.05, 0) is 51.8 Å². The van der Waals surface area contributed by atoms with Crippen molar-refractivity contribution < 1.29 is 0 Å². The van der Waals surface area contributed by atoms with Crippen LogP contribution in [-0.2, 0) is 0 Å². The fraction of sp³-hybridized carbons (Fsp3) is 0.667. The van der Waals surface area contributed by atoms with Crippen molar-refractivity contribution in [2.24, 2.45) is 4.99 Å². The molecule has 1 aromatic carbocycles. The molecule has 2 N–H and O–H groups in total. The smallest absolute Gasteiger partial charge is 0.191 e. The summed E-state index contributed by atoms with van der Waals surface area (Å²) in [4.78, 5) is 9.78. The molecule has 1 heterocycles. The molecule has 27 heavy (non-hydrogen) atoms. The van der Waals surface area contributed by atoms with Gasteiger partial charge < -0.3 is 15.5 Å². The Morgan fingerprint density at radius 2 is 1.78 bits per heavy atom. The third-order valence-corrected chi connectivity index (χ3v) is 4.99. The number of benzene rings is 1. The maximum atomic E-state index is 4.70. The van der Waals surface area contributed by atoms with Crippen LogP contribution in [0.25, 0.3) is 0 Å². The van der Waals surface area contributed by atoms with Gasteiger partial charge in [-0.25, -0.2) is 0 Å². The highest BCUT2D eigenvalue weighted by molar-refractivity contribution is 14.0. The molecule has 1 saturated heterocycles. The molecule has 6 heteroatoms. The molecular weight excluding hydrogens is 449 g/mol. The maximum Gasteiger partial charge on any atom is 0.191 e. The number of para-hydroxylation sites is 1. The van der Waals surface area contributed by atoms with E-state index in [1.807, 2.05) is 0 Å². The van der Waals surface area contributed by atoms with Crippen molar-refractivity contribution in [3.05, 3.63) is 30.3 Å². The molecule has 0 radical (unpaired) electrons. The highest BCUT2D eigenvalue weighted by Crippen LogP contribution is 2.15. The number of guanidine groups is 1. The summed E-state index contributed by atoms with van der Waals surface area (Å²) in [6.07, 6.45) is 3.48. The lowest BCUT2D eigenvalue weighted by Crippen LogP contribution is -2.46. The first-order chi connectivity index (χ1) is 12.7. The lowest BCUT2D eigenvalue weighted by Gasteiger charge is -2.36. The minimum Gasteiger partial charge on any atom is -0.369 e. The van der Waals surface area contributed by atoms with Gasteiger partial charge in [0.2, 0.25) is 0 Å². The van der Waals surface area contributed by atoms with Gasteiger partial charge in [0.15, 0.2) is 5.96 Å². The van der Waals surface area contributed by atoms with E-state index in [0.717, 1.165) is 58.1 Å². The van der Waals surface area contributed by atoms with Crippen molar-refractivity contribution in [2.45, 2.75) is 46.1 Å². The number of aliphatic imine (C=N–C) groups is 1. The number of nitrogens with zero attached hydrogens (tertiary/aromatic N) is 3. The Balaban J connectivity index is 0.00000364. The average molecular weight is 487 g/mol. The fourth-order valence-corrected chi connectivity index (χ4v) is 3.16. The average Bonchev–Trinajstić information content (AvgIpc) is 2.69. The molecule has 1 aliphatic heterocycles. The molecule has 5 nitrogen and oxygen atoms in total. The number of rotatable bonds is 9. The van der Waals surface area contributed by atoms with E-state index in [9.17, 15) is 0 Å². The lowest BCUT2D eigenvalue weighted by molar-refractivity contribution is 0.253. The number of hydrogen-bond acceptors (Lipinski definition) is 3. The molecule has 1 unspecified atom stereocenters. The Kier molecular flexibility index (Phi) is 12.5. The Morgan fingerprint density at radius 1 is 1.07 bits per heavy atom. The monoisotopic (exact) mass is 487 g/mol. The molecule has 0 spiro atoms. The first kappa shape index (κ1) is 24.0. The summed E-state index contributed by atoms with van der Waals surface area (Å²) >= 11 is 0. The third-order valence-electron chi connectivity index (χ3n) is 4.99. The van der Waals surface area contributed by atoms with Crippen LogP contribution in [0, 0.1) is 0 Å². The fourth-order valence-electron chi connectivity index (χ4n) is 3.16. The second-order valence-corrected chi connectivity index (χ2v) is 7.09. The van der Waals surface area contributed by atoms with Crippen LogP contribution in [0.1, 0.15) is 40.0 Å². The van der Waals surface area contributed by atoms with E-state index >= 15 is 0 Å². The zero-order chi connectivity index (χ0) is 18.6. The van der Waals surface area contributed by atoms with E-state index in [1.165, 1.54) is 18.7 Å². The Bertz CT molecular complexity index is 515. The van der Waals surface area contributed by atoms with Crippen molar-refractivity contribution >= 4 is 35.6 Å². The maximum absolute atomic E-state index is 4.70. The van der Waals surface area contributed by atoms with E-state index in [4.69, 9.17) is 4.99 Å². The number of halogens is 1. The van der Waals surface area contributed by atoms with Crippen molar-refractivity contribution in [3.8, 4) is 0 Å². The van der Waals surface area contributed by atoms with Crippen molar-refractivity contribution in [3.63, 3.8) is 0 Å². The van der Waals surface area contributed by atoms with Crippen LogP contribution < -0.4 is 15.5 Å². The van der Waals surface area contributed by atoms with E-state index in [0.29, 0.717) is 6.04 Å². The van der Waals surface area contributed by atoms with Crippen molar-refractivity contribution in [1.29, 1.82) is 0 Å². The predicted molar refractivity (Wildman–Crippen MR) is 129 cm³/mol. The van der Waals surface area contributed by atoms with Gasteiger partial charge in [-0.3, -0.25) is 9.89 Å². The zero-order valence-electron chi connectivity index (χ0n) is 17.3.